The number of thioether (sulfide) groups is 1. The highest BCUT2D eigenvalue weighted by molar-refractivity contribution is 7.98. The maximum Gasteiger partial charge on any atom is 0.254 e. The fraction of sp³-hybridized carbons (Fsp3) is 0.438. The lowest BCUT2D eigenvalue weighted by Gasteiger charge is -2.32. The van der Waals surface area contributed by atoms with Crippen molar-refractivity contribution >= 4 is 29.0 Å². The van der Waals surface area contributed by atoms with Crippen molar-refractivity contribution in [3.8, 4) is 0 Å². The van der Waals surface area contributed by atoms with E-state index in [1.54, 1.807) is 23.8 Å². The minimum absolute atomic E-state index is 0.0835. The summed E-state index contributed by atoms with van der Waals surface area (Å²) in [6, 6.07) is 3.48. The number of hydrogen-bond acceptors (Lipinski definition) is 7. The molecule has 1 aliphatic rings. The number of amides is 1. The van der Waals surface area contributed by atoms with Gasteiger partial charge in [-0.25, -0.2) is 9.97 Å². The molecule has 0 unspecified atom stereocenters. The van der Waals surface area contributed by atoms with Crippen molar-refractivity contribution in [2.75, 3.05) is 19.5 Å². The van der Waals surface area contributed by atoms with Gasteiger partial charge >= 0.3 is 0 Å². The van der Waals surface area contributed by atoms with Crippen molar-refractivity contribution in [2.24, 2.45) is 0 Å². The zero-order valence-corrected chi connectivity index (χ0v) is 14.9. The molecule has 1 amide bonds. The van der Waals surface area contributed by atoms with Crippen molar-refractivity contribution in [1.82, 2.24) is 15.3 Å². The summed E-state index contributed by atoms with van der Waals surface area (Å²) in [4.78, 5) is 21.1. The number of nitrogens with one attached hydrogen (secondary N) is 1. The quantitative estimate of drug-likeness (QED) is 0.792. The maximum atomic E-state index is 12.6. The molecule has 0 aliphatic carbocycles. The van der Waals surface area contributed by atoms with Crippen LogP contribution in [0.25, 0.3) is 0 Å². The van der Waals surface area contributed by atoms with Gasteiger partial charge in [-0.15, -0.1) is 23.1 Å². The van der Waals surface area contributed by atoms with Gasteiger partial charge in [-0.1, -0.05) is 0 Å². The lowest BCUT2D eigenvalue weighted by molar-refractivity contribution is -0.0742. The molecule has 1 N–H and O–H groups in total. The molecular weight excluding hydrogens is 346 g/mol. The predicted molar refractivity (Wildman–Crippen MR) is 93.4 cm³/mol. The molecular formula is C16H19N3O3S2. The van der Waals surface area contributed by atoms with Crippen molar-refractivity contribution in [1.29, 1.82) is 0 Å². The first-order valence-electron chi connectivity index (χ1n) is 7.64. The van der Waals surface area contributed by atoms with E-state index in [-0.39, 0.29) is 18.1 Å². The van der Waals surface area contributed by atoms with Gasteiger partial charge in [0, 0.05) is 18.2 Å². The average molecular weight is 365 g/mol. The number of pyridine rings is 1. The molecule has 0 spiro atoms. The molecule has 3 rings (SSSR count). The number of carbonyl (C=O) groups excluding carboxylic acids is 1. The molecule has 3 heterocycles. The van der Waals surface area contributed by atoms with Crippen molar-refractivity contribution in [3.05, 3.63) is 40.5 Å². The van der Waals surface area contributed by atoms with Crippen LogP contribution in [0.5, 0.6) is 0 Å². The number of nitrogens with zero attached hydrogens (tertiary/aromatic N) is 2. The third-order valence-electron chi connectivity index (χ3n) is 3.76. The van der Waals surface area contributed by atoms with Crippen LogP contribution in [0, 0.1) is 0 Å². The molecule has 6 nitrogen and oxygen atoms in total. The standard InChI is InChI=1S/C16H19N3O3S2/c1-23-16-12(3-2-5-17-16)15(20)19-13-4-6-21-8-14(13)22-7-11-9-24-10-18-11/h2-3,5,9-10,13-14H,4,6-8H2,1H3,(H,19,20)/t13-,14-/m1/s1. The second-order valence-electron chi connectivity index (χ2n) is 5.33. The Morgan fingerprint density at radius 2 is 2.46 bits per heavy atom. The lowest BCUT2D eigenvalue weighted by Crippen LogP contribution is -2.50. The van der Waals surface area contributed by atoms with Crippen LogP contribution in [-0.2, 0) is 16.1 Å². The topological polar surface area (TPSA) is 73.3 Å². The number of rotatable bonds is 6. The maximum absolute atomic E-state index is 12.6. The van der Waals surface area contributed by atoms with E-state index in [4.69, 9.17) is 9.47 Å². The number of ether oxygens (including phenoxy) is 2. The Balaban J connectivity index is 1.63. The third kappa shape index (κ3) is 4.32. The SMILES string of the molecule is CSc1ncccc1C(=O)N[C@@H]1CCOC[C@H]1OCc1cscn1. The Morgan fingerprint density at radius 3 is 3.25 bits per heavy atom. The fourth-order valence-corrected chi connectivity index (χ4v) is 3.60. The van der Waals surface area contributed by atoms with Gasteiger partial charge in [0.1, 0.15) is 11.1 Å². The summed E-state index contributed by atoms with van der Waals surface area (Å²) in [7, 11) is 0. The first-order valence-corrected chi connectivity index (χ1v) is 9.81. The highest BCUT2D eigenvalue weighted by Crippen LogP contribution is 2.19. The Kier molecular flexibility index (Phi) is 6.19. The Labute approximate surface area is 149 Å². The van der Waals surface area contributed by atoms with E-state index in [1.807, 2.05) is 11.6 Å². The van der Waals surface area contributed by atoms with Gasteiger partial charge < -0.3 is 14.8 Å². The normalized spacial score (nSPS) is 20.7. The van der Waals surface area contributed by atoms with E-state index in [0.717, 1.165) is 17.1 Å². The molecule has 0 bridgehead atoms. The summed E-state index contributed by atoms with van der Waals surface area (Å²) in [5.41, 5.74) is 3.27. The molecule has 8 heteroatoms. The van der Waals surface area contributed by atoms with Crippen LogP contribution in [0.4, 0.5) is 0 Å². The monoisotopic (exact) mass is 365 g/mol. The van der Waals surface area contributed by atoms with Crippen LogP contribution in [0.3, 0.4) is 0 Å². The van der Waals surface area contributed by atoms with Crippen LogP contribution in [0.15, 0.2) is 34.2 Å². The first kappa shape index (κ1) is 17.3. The minimum atomic E-state index is -0.182. The second kappa shape index (κ2) is 8.57. The van der Waals surface area contributed by atoms with Crippen LogP contribution >= 0.6 is 23.1 Å². The second-order valence-corrected chi connectivity index (χ2v) is 6.85. The molecule has 1 saturated heterocycles. The molecule has 24 heavy (non-hydrogen) atoms. The van der Waals surface area contributed by atoms with Crippen molar-refractivity contribution in [2.45, 2.75) is 30.2 Å². The highest BCUT2D eigenvalue weighted by Gasteiger charge is 2.29. The Morgan fingerprint density at radius 1 is 1.54 bits per heavy atom. The fourth-order valence-electron chi connectivity index (χ4n) is 2.51. The summed E-state index contributed by atoms with van der Waals surface area (Å²) in [5, 5.41) is 5.76. The van der Waals surface area contributed by atoms with E-state index in [1.165, 1.54) is 23.1 Å². The summed E-state index contributed by atoms with van der Waals surface area (Å²) in [5.74, 6) is -0.124. The van der Waals surface area contributed by atoms with Crippen LogP contribution in [0.1, 0.15) is 22.5 Å². The number of aromatic nitrogens is 2. The smallest absolute Gasteiger partial charge is 0.254 e. The van der Waals surface area contributed by atoms with Crippen molar-refractivity contribution < 1.29 is 14.3 Å². The third-order valence-corrected chi connectivity index (χ3v) is 5.11. The lowest BCUT2D eigenvalue weighted by atomic mass is 10.1. The van der Waals surface area contributed by atoms with Gasteiger partial charge in [0.25, 0.3) is 5.91 Å². The van der Waals surface area contributed by atoms with Gasteiger partial charge in [0.2, 0.25) is 0 Å². The van der Waals surface area contributed by atoms with Gasteiger partial charge in [0.15, 0.2) is 0 Å². The van der Waals surface area contributed by atoms with E-state index in [2.05, 4.69) is 15.3 Å². The molecule has 1 fully saturated rings. The molecule has 0 saturated carbocycles. The molecule has 1 aliphatic heterocycles. The molecule has 2 aromatic heterocycles. The number of thiazole rings is 1. The largest absolute Gasteiger partial charge is 0.379 e. The zero-order chi connectivity index (χ0) is 16.8. The van der Waals surface area contributed by atoms with Crippen molar-refractivity contribution in [3.63, 3.8) is 0 Å². The van der Waals surface area contributed by atoms with E-state index in [9.17, 15) is 4.79 Å². The number of carbonyl (C=O) groups is 1. The zero-order valence-electron chi connectivity index (χ0n) is 13.3. The Hall–Kier alpha value is -1.48. The molecule has 0 radical (unpaired) electrons. The van der Waals surface area contributed by atoms with E-state index >= 15 is 0 Å². The number of hydrogen-bond donors (Lipinski definition) is 1. The molecule has 128 valence electrons. The highest BCUT2D eigenvalue weighted by atomic mass is 32.2. The Bertz CT molecular complexity index is 666. The summed E-state index contributed by atoms with van der Waals surface area (Å²) in [6.45, 7) is 1.51. The van der Waals surface area contributed by atoms with Crippen LogP contribution < -0.4 is 5.32 Å². The van der Waals surface area contributed by atoms with Gasteiger partial charge in [0.05, 0.1) is 36.0 Å². The van der Waals surface area contributed by atoms with Crippen LogP contribution in [0.2, 0.25) is 0 Å². The van der Waals surface area contributed by atoms with Gasteiger partial charge in [-0.2, -0.15) is 0 Å². The summed E-state index contributed by atoms with van der Waals surface area (Å²) >= 11 is 3.00. The van der Waals surface area contributed by atoms with E-state index in [0.29, 0.717) is 25.4 Å². The summed E-state index contributed by atoms with van der Waals surface area (Å²) in [6.07, 6.45) is 4.14. The van der Waals surface area contributed by atoms with Gasteiger partial charge in [-0.3, -0.25) is 4.79 Å². The molecule has 2 aromatic rings. The minimum Gasteiger partial charge on any atom is -0.379 e. The van der Waals surface area contributed by atoms with E-state index < -0.39 is 0 Å². The molecule has 0 aromatic carbocycles. The average Bonchev–Trinajstić information content (AvgIpc) is 3.14. The summed E-state index contributed by atoms with van der Waals surface area (Å²) < 4.78 is 11.4. The van der Waals surface area contributed by atoms with Gasteiger partial charge in [-0.05, 0) is 24.8 Å². The molecule has 2 atom stereocenters. The van der Waals surface area contributed by atoms with Crippen LogP contribution in [-0.4, -0.2) is 47.5 Å². The predicted octanol–water partition coefficient (Wildman–Crippen LogP) is 2.36. The first-order chi connectivity index (χ1) is 11.8.